The van der Waals surface area contributed by atoms with Gasteiger partial charge in [0.25, 0.3) is 0 Å². The number of methoxy groups -OCH3 is 2. The standard InChI is InChI=1S/C17H27NO2/c1-16(2,3)18-11-12-10-17(12,4)14-9-13(19-5)7-8-15(14)20-6/h7-9,12,18H,10-11H2,1-6H3. The Morgan fingerprint density at radius 3 is 2.50 bits per heavy atom. The van der Waals surface area contributed by atoms with E-state index in [9.17, 15) is 0 Å². The van der Waals surface area contributed by atoms with Crippen LogP contribution in [-0.2, 0) is 5.41 Å². The van der Waals surface area contributed by atoms with Crippen LogP contribution in [0.3, 0.4) is 0 Å². The molecule has 1 aromatic carbocycles. The van der Waals surface area contributed by atoms with Gasteiger partial charge in [0.05, 0.1) is 14.2 Å². The topological polar surface area (TPSA) is 30.5 Å². The van der Waals surface area contributed by atoms with Crippen molar-refractivity contribution < 1.29 is 9.47 Å². The molecule has 20 heavy (non-hydrogen) atoms. The molecule has 1 N–H and O–H groups in total. The van der Waals surface area contributed by atoms with Crippen LogP contribution in [0.15, 0.2) is 18.2 Å². The van der Waals surface area contributed by atoms with Crippen LogP contribution in [0.2, 0.25) is 0 Å². The maximum Gasteiger partial charge on any atom is 0.122 e. The van der Waals surface area contributed by atoms with Crippen molar-refractivity contribution in [3.63, 3.8) is 0 Å². The fourth-order valence-electron chi connectivity index (χ4n) is 2.77. The van der Waals surface area contributed by atoms with Gasteiger partial charge in [-0.2, -0.15) is 0 Å². The predicted octanol–water partition coefficient (Wildman–Crippen LogP) is 3.37. The Bertz CT molecular complexity index is 478. The molecule has 3 heteroatoms. The summed E-state index contributed by atoms with van der Waals surface area (Å²) in [4.78, 5) is 0. The summed E-state index contributed by atoms with van der Waals surface area (Å²) in [6.45, 7) is 9.98. The Kier molecular flexibility index (Phi) is 4.01. The molecular weight excluding hydrogens is 250 g/mol. The van der Waals surface area contributed by atoms with E-state index in [1.165, 1.54) is 12.0 Å². The van der Waals surface area contributed by atoms with Gasteiger partial charge in [0, 0.05) is 16.5 Å². The molecule has 2 rings (SSSR count). The molecule has 2 unspecified atom stereocenters. The Morgan fingerprint density at radius 2 is 1.95 bits per heavy atom. The van der Waals surface area contributed by atoms with E-state index in [0.29, 0.717) is 5.92 Å². The number of ether oxygens (including phenoxy) is 2. The van der Waals surface area contributed by atoms with Crippen molar-refractivity contribution >= 4 is 0 Å². The summed E-state index contributed by atoms with van der Waals surface area (Å²) < 4.78 is 10.9. The molecule has 1 saturated carbocycles. The zero-order valence-corrected chi connectivity index (χ0v) is 13.5. The molecule has 1 aromatic rings. The van der Waals surface area contributed by atoms with E-state index in [-0.39, 0.29) is 11.0 Å². The average molecular weight is 277 g/mol. The van der Waals surface area contributed by atoms with Crippen molar-refractivity contribution in [2.75, 3.05) is 20.8 Å². The number of benzene rings is 1. The molecule has 0 aliphatic heterocycles. The molecule has 0 aromatic heterocycles. The maximum atomic E-state index is 5.53. The van der Waals surface area contributed by atoms with Gasteiger partial charge in [-0.15, -0.1) is 0 Å². The molecule has 0 spiro atoms. The highest BCUT2D eigenvalue weighted by atomic mass is 16.5. The minimum atomic E-state index is 0.169. The van der Waals surface area contributed by atoms with Gasteiger partial charge in [-0.05, 0) is 57.9 Å². The first-order valence-corrected chi connectivity index (χ1v) is 7.28. The summed E-state index contributed by atoms with van der Waals surface area (Å²) in [5, 5.41) is 3.60. The lowest BCUT2D eigenvalue weighted by Gasteiger charge is -2.22. The fraction of sp³-hybridized carbons (Fsp3) is 0.647. The highest BCUT2D eigenvalue weighted by Crippen LogP contribution is 2.56. The third kappa shape index (κ3) is 3.09. The van der Waals surface area contributed by atoms with Crippen LogP contribution in [-0.4, -0.2) is 26.3 Å². The number of hydrogen-bond donors (Lipinski definition) is 1. The molecule has 0 saturated heterocycles. The van der Waals surface area contributed by atoms with Crippen molar-refractivity contribution in [3.05, 3.63) is 23.8 Å². The van der Waals surface area contributed by atoms with Crippen molar-refractivity contribution in [1.29, 1.82) is 0 Å². The SMILES string of the molecule is COc1ccc(OC)c(C2(C)CC2CNC(C)(C)C)c1. The maximum absolute atomic E-state index is 5.53. The molecule has 1 aliphatic carbocycles. The van der Waals surface area contributed by atoms with E-state index in [4.69, 9.17) is 9.47 Å². The van der Waals surface area contributed by atoms with Crippen LogP contribution < -0.4 is 14.8 Å². The lowest BCUT2D eigenvalue weighted by atomic mass is 9.93. The van der Waals surface area contributed by atoms with Gasteiger partial charge in [0.1, 0.15) is 11.5 Å². The van der Waals surface area contributed by atoms with E-state index in [1.54, 1.807) is 14.2 Å². The Morgan fingerprint density at radius 1 is 1.25 bits per heavy atom. The second-order valence-electron chi connectivity index (χ2n) is 7.02. The molecule has 0 radical (unpaired) electrons. The summed E-state index contributed by atoms with van der Waals surface area (Å²) >= 11 is 0. The van der Waals surface area contributed by atoms with Crippen LogP contribution in [0, 0.1) is 5.92 Å². The largest absolute Gasteiger partial charge is 0.497 e. The molecular formula is C17H27NO2. The number of hydrogen-bond acceptors (Lipinski definition) is 3. The van der Waals surface area contributed by atoms with E-state index >= 15 is 0 Å². The van der Waals surface area contributed by atoms with Gasteiger partial charge >= 0.3 is 0 Å². The van der Waals surface area contributed by atoms with Gasteiger partial charge in [0.15, 0.2) is 0 Å². The molecule has 2 atom stereocenters. The predicted molar refractivity (Wildman–Crippen MR) is 82.8 cm³/mol. The minimum Gasteiger partial charge on any atom is -0.497 e. The van der Waals surface area contributed by atoms with Gasteiger partial charge < -0.3 is 14.8 Å². The molecule has 112 valence electrons. The summed E-state index contributed by atoms with van der Waals surface area (Å²) in [6, 6.07) is 6.08. The van der Waals surface area contributed by atoms with Gasteiger partial charge in [-0.25, -0.2) is 0 Å². The first-order chi connectivity index (χ1) is 9.30. The van der Waals surface area contributed by atoms with Gasteiger partial charge in [-0.3, -0.25) is 0 Å². The minimum absolute atomic E-state index is 0.169. The van der Waals surface area contributed by atoms with E-state index in [2.05, 4.69) is 39.1 Å². The second kappa shape index (κ2) is 5.28. The van der Waals surface area contributed by atoms with E-state index in [1.807, 2.05) is 12.1 Å². The second-order valence-corrected chi connectivity index (χ2v) is 7.02. The molecule has 0 heterocycles. The van der Waals surface area contributed by atoms with Crippen LogP contribution in [0.4, 0.5) is 0 Å². The van der Waals surface area contributed by atoms with Crippen LogP contribution >= 0.6 is 0 Å². The molecule has 0 amide bonds. The molecule has 0 bridgehead atoms. The summed E-state index contributed by atoms with van der Waals surface area (Å²) in [7, 11) is 3.44. The van der Waals surface area contributed by atoms with Gasteiger partial charge in [-0.1, -0.05) is 6.92 Å². The Labute approximate surface area is 122 Å². The average Bonchev–Trinajstić information content (AvgIpc) is 3.07. The first-order valence-electron chi connectivity index (χ1n) is 7.28. The lowest BCUT2D eigenvalue weighted by Crippen LogP contribution is -2.37. The lowest BCUT2D eigenvalue weighted by molar-refractivity contribution is 0.386. The van der Waals surface area contributed by atoms with E-state index in [0.717, 1.165) is 18.0 Å². The summed E-state index contributed by atoms with van der Waals surface area (Å²) in [5.41, 5.74) is 1.63. The zero-order valence-electron chi connectivity index (χ0n) is 13.5. The Balaban J connectivity index is 2.15. The van der Waals surface area contributed by atoms with Gasteiger partial charge in [0.2, 0.25) is 0 Å². The highest BCUT2D eigenvalue weighted by molar-refractivity contribution is 5.48. The van der Waals surface area contributed by atoms with Crippen molar-refractivity contribution in [3.8, 4) is 11.5 Å². The van der Waals surface area contributed by atoms with Crippen LogP contribution in [0.1, 0.15) is 39.7 Å². The number of rotatable bonds is 5. The monoisotopic (exact) mass is 277 g/mol. The fourth-order valence-corrected chi connectivity index (χ4v) is 2.77. The third-order valence-electron chi connectivity index (χ3n) is 4.31. The summed E-state index contributed by atoms with van der Waals surface area (Å²) in [6.07, 6.45) is 1.19. The van der Waals surface area contributed by atoms with E-state index < -0.39 is 0 Å². The molecule has 3 nitrogen and oxygen atoms in total. The normalized spacial score (nSPS) is 25.4. The smallest absolute Gasteiger partial charge is 0.122 e. The highest BCUT2D eigenvalue weighted by Gasteiger charge is 2.52. The third-order valence-corrected chi connectivity index (χ3v) is 4.31. The summed E-state index contributed by atoms with van der Waals surface area (Å²) in [5.74, 6) is 2.52. The number of nitrogens with one attached hydrogen (secondary N) is 1. The van der Waals surface area contributed by atoms with Crippen LogP contribution in [0.5, 0.6) is 11.5 Å². The van der Waals surface area contributed by atoms with Crippen molar-refractivity contribution in [2.24, 2.45) is 5.92 Å². The quantitative estimate of drug-likeness (QED) is 0.895. The Hall–Kier alpha value is -1.22. The first kappa shape index (κ1) is 15.2. The van der Waals surface area contributed by atoms with Crippen molar-refractivity contribution in [1.82, 2.24) is 5.32 Å². The van der Waals surface area contributed by atoms with Crippen molar-refractivity contribution in [2.45, 2.75) is 45.1 Å². The van der Waals surface area contributed by atoms with Crippen LogP contribution in [0.25, 0.3) is 0 Å². The zero-order chi connectivity index (χ0) is 15.0. The molecule has 1 aliphatic rings. The molecule has 1 fully saturated rings.